The maximum Gasteiger partial charge on any atom is 0.0734 e. The predicted molar refractivity (Wildman–Crippen MR) is 98.0 cm³/mol. The lowest BCUT2D eigenvalue weighted by Gasteiger charge is -2.21. The lowest BCUT2D eigenvalue weighted by Crippen LogP contribution is -2.18. The highest BCUT2D eigenvalue weighted by molar-refractivity contribution is 7.88. The van der Waals surface area contributed by atoms with E-state index in [2.05, 4.69) is 89.9 Å². The van der Waals surface area contributed by atoms with Crippen LogP contribution in [0.15, 0.2) is 96.0 Å². The minimum absolute atomic E-state index is 0.641. The molecule has 0 unspecified atom stereocenters. The molecule has 2 heteroatoms. The molecule has 1 nitrogen and oxygen atoms in total. The lowest BCUT2D eigenvalue weighted by atomic mass is 10.2. The molecule has 108 valence electrons. The van der Waals surface area contributed by atoms with Gasteiger partial charge in [0.15, 0.2) is 0 Å². The van der Waals surface area contributed by atoms with E-state index in [0.29, 0.717) is 0 Å². The third-order valence-electron chi connectivity index (χ3n) is 3.48. The van der Waals surface area contributed by atoms with Gasteiger partial charge < -0.3 is 0 Å². The summed E-state index contributed by atoms with van der Waals surface area (Å²) in [5.74, 6) is 0. The Morgan fingerprint density at radius 2 is 1.05 bits per heavy atom. The summed E-state index contributed by atoms with van der Waals surface area (Å²) >= 11 is 0. The summed E-state index contributed by atoms with van der Waals surface area (Å²) in [6.07, 6.45) is 0. The van der Waals surface area contributed by atoms with Crippen LogP contribution < -0.4 is 10.6 Å². The lowest BCUT2D eigenvalue weighted by molar-refractivity contribution is 1.45. The normalized spacial score (nSPS) is 11.6. The largest absolute Gasteiger partial charge is 0.287 e. The molecule has 3 aromatic carbocycles. The monoisotopic (exact) mass is 303 g/mol. The fourth-order valence-corrected chi connectivity index (χ4v) is 4.83. The zero-order chi connectivity index (χ0) is 15.2. The molecule has 0 aromatic heterocycles. The van der Waals surface area contributed by atoms with Crippen molar-refractivity contribution in [1.29, 1.82) is 0 Å². The Kier molecular flexibility index (Phi) is 4.78. The quantitative estimate of drug-likeness (QED) is 0.506. The Morgan fingerprint density at radius 3 is 1.45 bits per heavy atom. The number of rotatable bonds is 4. The summed E-state index contributed by atoms with van der Waals surface area (Å²) in [7, 11) is 1.25. The van der Waals surface area contributed by atoms with E-state index in [4.69, 9.17) is 0 Å². The van der Waals surface area contributed by atoms with Gasteiger partial charge in [0, 0.05) is 20.5 Å². The van der Waals surface area contributed by atoms with Gasteiger partial charge in [-0.25, -0.2) is 0 Å². The number of nitrogens with zero attached hydrogens (tertiary/aromatic N) is 1. The van der Waals surface area contributed by atoms with Crippen molar-refractivity contribution in [2.75, 3.05) is 7.05 Å². The Balaban J connectivity index is 2.14. The molecular formula is C20H18NP. The van der Waals surface area contributed by atoms with Crippen LogP contribution in [0.4, 0.5) is 0 Å². The molecule has 22 heavy (non-hydrogen) atoms. The third kappa shape index (κ3) is 3.16. The summed E-state index contributed by atoms with van der Waals surface area (Å²) in [6, 6.07) is 31.8. The molecule has 0 N–H and O–H groups in total. The minimum atomic E-state index is -0.641. The highest BCUT2D eigenvalue weighted by Crippen LogP contribution is 2.38. The van der Waals surface area contributed by atoms with E-state index in [1.54, 1.807) is 0 Å². The Bertz CT molecular complexity index is 697. The third-order valence-corrected chi connectivity index (χ3v) is 6.00. The maximum atomic E-state index is 4.66. The molecule has 0 bridgehead atoms. The van der Waals surface area contributed by atoms with E-state index in [-0.39, 0.29) is 0 Å². The van der Waals surface area contributed by atoms with E-state index < -0.39 is 7.92 Å². The fraction of sp³-hybridized carbons (Fsp3) is 0.0500. The molecule has 3 aromatic rings. The van der Waals surface area contributed by atoms with Crippen LogP contribution in [-0.4, -0.2) is 12.5 Å². The van der Waals surface area contributed by atoms with Gasteiger partial charge in [0.1, 0.15) is 0 Å². The molecule has 0 amide bonds. The van der Waals surface area contributed by atoms with Gasteiger partial charge in [-0.3, -0.25) is 4.99 Å². The summed E-state index contributed by atoms with van der Waals surface area (Å²) in [4.78, 5) is 4.66. The Hall–Kier alpha value is -2.24. The van der Waals surface area contributed by atoms with Crippen LogP contribution in [0.2, 0.25) is 0 Å². The van der Waals surface area contributed by atoms with E-state index in [1.165, 1.54) is 16.2 Å². The van der Waals surface area contributed by atoms with Crippen LogP contribution in [0.5, 0.6) is 0 Å². The van der Waals surface area contributed by atoms with Crippen LogP contribution in [-0.2, 0) is 0 Å². The van der Waals surface area contributed by atoms with Crippen LogP contribution in [0.3, 0.4) is 0 Å². The average Bonchev–Trinajstić information content (AvgIpc) is 2.62. The Labute approximate surface area is 133 Å². The molecule has 0 saturated carbocycles. The van der Waals surface area contributed by atoms with Gasteiger partial charge in [-0.2, -0.15) is 0 Å². The van der Waals surface area contributed by atoms with Gasteiger partial charge in [0.25, 0.3) is 0 Å². The van der Waals surface area contributed by atoms with Crippen molar-refractivity contribution in [2.45, 2.75) is 0 Å². The minimum Gasteiger partial charge on any atom is -0.287 e. The molecule has 0 aliphatic heterocycles. The van der Waals surface area contributed by atoms with Crippen molar-refractivity contribution in [2.24, 2.45) is 4.99 Å². The standard InChI is InChI=1S/C20H18NP/c1-21-20(17-11-5-2-6-12-17)22(18-13-7-3-8-14-18)19-15-9-4-10-16-19/h2-16H,1H3. The van der Waals surface area contributed by atoms with Gasteiger partial charge >= 0.3 is 0 Å². The van der Waals surface area contributed by atoms with Crippen molar-refractivity contribution in [3.8, 4) is 0 Å². The maximum absolute atomic E-state index is 4.66. The molecule has 0 aliphatic carbocycles. The Morgan fingerprint density at radius 1 is 0.636 bits per heavy atom. The van der Waals surface area contributed by atoms with Gasteiger partial charge in [-0.15, -0.1) is 0 Å². The van der Waals surface area contributed by atoms with Crippen LogP contribution in [0, 0.1) is 0 Å². The highest BCUT2D eigenvalue weighted by Gasteiger charge is 2.20. The van der Waals surface area contributed by atoms with E-state index >= 15 is 0 Å². The van der Waals surface area contributed by atoms with E-state index in [9.17, 15) is 0 Å². The first-order chi connectivity index (χ1) is 10.9. The van der Waals surface area contributed by atoms with E-state index in [0.717, 1.165) is 5.45 Å². The van der Waals surface area contributed by atoms with Crippen molar-refractivity contribution < 1.29 is 0 Å². The summed E-state index contributed by atoms with van der Waals surface area (Å²) in [5, 5.41) is 2.65. The second-order valence-corrected chi connectivity index (χ2v) is 7.05. The molecule has 0 radical (unpaired) electrons. The highest BCUT2D eigenvalue weighted by atomic mass is 31.1. The zero-order valence-electron chi connectivity index (χ0n) is 12.6. The van der Waals surface area contributed by atoms with Gasteiger partial charge in [-0.1, -0.05) is 91.0 Å². The van der Waals surface area contributed by atoms with Gasteiger partial charge in [-0.05, 0) is 10.6 Å². The number of hydrogen-bond donors (Lipinski definition) is 0. The smallest absolute Gasteiger partial charge is 0.0734 e. The summed E-state index contributed by atoms with van der Waals surface area (Å²) < 4.78 is 0. The number of hydrogen-bond acceptors (Lipinski definition) is 1. The topological polar surface area (TPSA) is 12.4 Å². The molecule has 0 fully saturated rings. The molecule has 0 aliphatic rings. The van der Waals surface area contributed by atoms with Crippen molar-refractivity contribution in [1.82, 2.24) is 0 Å². The first-order valence-corrected chi connectivity index (χ1v) is 8.67. The van der Waals surface area contributed by atoms with Gasteiger partial charge in [0.2, 0.25) is 0 Å². The molecule has 0 spiro atoms. The first kappa shape index (κ1) is 14.7. The second-order valence-electron chi connectivity index (χ2n) is 4.92. The summed E-state index contributed by atoms with van der Waals surface area (Å²) in [6.45, 7) is 0. The van der Waals surface area contributed by atoms with Crippen LogP contribution in [0.1, 0.15) is 5.56 Å². The molecule has 0 saturated heterocycles. The van der Waals surface area contributed by atoms with Crippen molar-refractivity contribution in [3.05, 3.63) is 96.6 Å². The molecule has 0 heterocycles. The summed E-state index contributed by atoms with van der Waals surface area (Å²) in [5.41, 5.74) is 2.36. The van der Waals surface area contributed by atoms with Crippen LogP contribution in [0.25, 0.3) is 0 Å². The molecular weight excluding hydrogens is 285 g/mol. The first-order valence-electron chi connectivity index (χ1n) is 7.32. The molecule has 3 rings (SSSR count). The van der Waals surface area contributed by atoms with Crippen molar-refractivity contribution in [3.63, 3.8) is 0 Å². The predicted octanol–water partition coefficient (Wildman–Crippen LogP) is 4.20. The van der Waals surface area contributed by atoms with Gasteiger partial charge in [0.05, 0.1) is 5.45 Å². The SMILES string of the molecule is CN=C(c1ccccc1)P(c1ccccc1)c1ccccc1. The fourth-order valence-electron chi connectivity index (χ4n) is 2.49. The number of benzene rings is 3. The zero-order valence-corrected chi connectivity index (χ0v) is 13.4. The second kappa shape index (κ2) is 7.15. The molecule has 0 atom stereocenters. The van der Waals surface area contributed by atoms with Crippen LogP contribution >= 0.6 is 7.92 Å². The average molecular weight is 303 g/mol. The number of aliphatic imine (C=N–C) groups is 1. The van der Waals surface area contributed by atoms with E-state index in [1.807, 2.05) is 13.1 Å². The van der Waals surface area contributed by atoms with Crippen molar-refractivity contribution >= 4 is 24.0 Å².